The van der Waals surface area contributed by atoms with E-state index >= 15 is 0 Å². The molecule has 0 aliphatic carbocycles. The maximum absolute atomic E-state index is 11.8. The fraction of sp³-hybridized carbons (Fsp3) is 0.200. The Hall–Kier alpha value is -2.58. The number of nitrogens with zero attached hydrogens (tertiary/aromatic N) is 1. The summed E-state index contributed by atoms with van der Waals surface area (Å²) in [6, 6.07) is 8.38. The summed E-state index contributed by atoms with van der Waals surface area (Å²) in [6.45, 7) is 1.59. The molecule has 20 heavy (non-hydrogen) atoms. The maximum atomic E-state index is 11.8. The number of aliphatic hydroxyl groups excluding tert-OH is 1. The van der Waals surface area contributed by atoms with Gasteiger partial charge in [0.1, 0.15) is 17.4 Å². The molecule has 2 aromatic rings. The molecule has 0 atom stereocenters. The molecule has 1 heterocycles. The highest BCUT2D eigenvalue weighted by Gasteiger charge is 2.16. The number of aromatic hydroxyl groups is 1. The van der Waals surface area contributed by atoms with Crippen molar-refractivity contribution in [1.82, 2.24) is 4.98 Å². The lowest BCUT2D eigenvalue weighted by molar-refractivity contribution is 0.299. The lowest BCUT2D eigenvalue weighted by Gasteiger charge is -2.13. The number of aromatic nitrogens is 1. The van der Waals surface area contributed by atoms with Gasteiger partial charge in [-0.15, -0.1) is 0 Å². The number of aryl methyl sites for hydroxylation is 1. The number of benzene rings is 1. The highest BCUT2D eigenvalue weighted by atomic mass is 16.3. The van der Waals surface area contributed by atoms with E-state index in [0.29, 0.717) is 11.3 Å². The minimum atomic E-state index is -0.448. The highest BCUT2D eigenvalue weighted by Crippen LogP contribution is 2.28. The van der Waals surface area contributed by atoms with Crippen molar-refractivity contribution in [2.45, 2.75) is 13.3 Å². The molecule has 0 saturated heterocycles. The minimum Gasteiger partial charge on any atom is -0.508 e. The molecule has 0 radical (unpaired) electrons. The number of hydrogen-bond acceptors (Lipinski definition) is 4. The Balaban J connectivity index is 2.77. The quantitative estimate of drug-likeness (QED) is 0.786. The first-order chi connectivity index (χ1) is 9.58. The second-order valence-corrected chi connectivity index (χ2v) is 4.44. The zero-order valence-electron chi connectivity index (χ0n) is 11.0. The number of rotatable bonds is 3. The van der Waals surface area contributed by atoms with Crippen molar-refractivity contribution in [1.29, 1.82) is 5.26 Å². The topological polar surface area (TPSA) is 97.1 Å². The second-order valence-electron chi connectivity index (χ2n) is 4.44. The molecule has 0 amide bonds. The molecule has 3 N–H and O–H groups in total. The van der Waals surface area contributed by atoms with Crippen LogP contribution < -0.4 is 5.56 Å². The predicted molar refractivity (Wildman–Crippen MR) is 74.4 cm³/mol. The lowest BCUT2D eigenvalue weighted by atomic mass is 9.93. The van der Waals surface area contributed by atoms with Crippen molar-refractivity contribution in [3.63, 3.8) is 0 Å². The normalized spacial score (nSPS) is 10.2. The molecule has 0 fully saturated rings. The van der Waals surface area contributed by atoms with Crippen LogP contribution in [0.3, 0.4) is 0 Å². The minimum absolute atomic E-state index is 0.0210. The summed E-state index contributed by atoms with van der Waals surface area (Å²) in [4.78, 5) is 14.5. The van der Waals surface area contributed by atoms with Crippen LogP contribution in [0, 0.1) is 18.3 Å². The number of nitrogens with one attached hydrogen (secondary N) is 1. The highest BCUT2D eigenvalue weighted by molar-refractivity contribution is 5.72. The van der Waals surface area contributed by atoms with E-state index in [1.54, 1.807) is 19.1 Å². The summed E-state index contributed by atoms with van der Waals surface area (Å²) in [5, 5.41) is 27.7. The van der Waals surface area contributed by atoms with Gasteiger partial charge in [0, 0.05) is 17.9 Å². The summed E-state index contributed by atoms with van der Waals surface area (Å²) in [6.07, 6.45) is 0.226. The van der Waals surface area contributed by atoms with Gasteiger partial charge in [-0.2, -0.15) is 5.26 Å². The summed E-state index contributed by atoms with van der Waals surface area (Å²) < 4.78 is 0. The van der Waals surface area contributed by atoms with Crippen LogP contribution in [0.2, 0.25) is 0 Å². The Morgan fingerprint density at radius 3 is 2.50 bits per heavy atom. The molecule has 102 valence electrons. The molecule has 0 saturated carbocycles. The van der Waals surface area contributed by atoms with E-state index < -0.39 is 5.56 Å². The van der Waals surface area contributed by atoms with Gasteiger partial charge < -0.3 is 15.2 Å². The van der Waals surface area contributed by atoms with Crippen LogP contribution in [0.1, 0.15) is 16.8 Å². The van der Waals surface area contributed by atoms with Crippen molar-refractivity contribution in [3.05, 3.63) is 51.4 Å². The summed E-state index contributed by atoms with van der Waals surface area (Å²) in [5.74, 6) is 0.139. The van der Waals surface area contributed by atoms with Crippen molar-refractivity contribution >= 4 is 0 Å². The van der Waals surface area contributed by atoms with Gasteiger partial charge in [-0.25, -0.2) is 0 Å². The number of phenolic OH excluding ortho intramolecular Hbond substituents is 1. The average Bonchev–Trinajstić information content (AvgIpc) is 2.41. The van der Waals surface area contributed by atoms with E-state index in [0.717, 1.165) is 11.1 Å². The molecule has 1 aromatic carbocycles. The Bertz CT molecular complexity index is 725. The van der Waals surface area contributed by atoms with Crippen molar-refractivity contribution in [2.75, 3.05) is 6.61 Å². The van der Waals surface area contributed by atoms with E-state index in [2.05, 4.69) is 4.98 Å². The lowest BCUT2D eigenvalue weighted by Crippen LogP contribution is -2.17. The van der Waals surface area contributed by atoms with Gasteiger partial charge in [0.15, 0.2) is 0 Å². The molecule has 0 spiro atoms. The van der Waals surface area contributed by atoms with Crippen molar-refractivity contribution in [2.24, 2.45) is 0 Å². The standard InChI is InChI=1S/C15H14N2O3/c1-9-14(10-2-4-11(19)5-3-10)12(6-7-18)13(8-16)15(20)17-9/h2-5,18-19H,6-7H2,1H3,(H,17,20). The van der Waals surface area contributed by atoms with Gasteiger partial charge in [-0.1, -0.05) is 12.1 Å². The van der Waals surface area contributed by atoms with Crippen LogP contribution in [-0.4, -0.2) is 21.8 Å². The summed E-state index contributed by atoms with van der Waals surface area (Å²) in [7, 11) is 0. The molecule has 0 aliphatic rings. The molecule has 1 aromatic heterocycles. The first kappa shape index (κ1) is 13.8. The number of phenols is 1. The molecule has 5 heteroatoms. The maximum Gasteiger partial charge on any atom is 0.266 e. The van der Waals surface area contributed by atoms with Crippen LogP contribution in [0.15, 0.2) is 29.1 Å². The van der Waals surface area contributed by atoms with Gasteiger partial charge in [0.25, 0.3) is 5.56 Å². The van der Waals surface area contributed by atoms with Crippen molar-refractivity contribution < 1.29 is 10.2 Å². The van der Waals surface area contributed by atoms with Crippen LogP contribution in [-0.2, 0) is 6.42 Å². The monoisotopic (exact) mass is 270 g/mol. The average molecular weight is 270 g/mol. The third-order valence-electron chi connectivity index (χ3n) is 3.14. The third-order valence-corrected chi connectivity index (χ3v) is 3.14. The molecule has 2 rings (SSSR count). The predicted octanol–water partition coefficient (Wildman–Crippen LogP) is 1.46. The molecule has 0 aliphatic heterocycles. The van der Waals surface area contributed by atoms with Crippen molar-refractivity contribution in [3.8, 4) is 22.9 Å². The van der Waals surface area contributed by atoms with E-state index in [1.807, 2.05) is 6.07 Å². The van der Waals surface area contributed by atoms with E-state index in [4.69, 9.17) is 5.26 Å². The molecular formula is C15H14N2O3. The second kappa shape index (κ2) is 5.59. The largest absolute Gasteiger partial charge is 0.508 e. The Labute approximate surface area is 115 Å². The zero-order valence-corrected chi connectivity index (χ0v) is 11.0. The first-order valence-corrected chi connectivity index (χ1v) is 6.14. The first-order valence-electron chi connectivity index (χ1n) is 6.14. The number of H-pyrrole nitrogens is 1. The zero-order chi connectivity index (χ0) is 14.7. The summed E-state index contributed by atoms with van der Waals surface area (Å²) >= 11 is 0. The Morgan fingerprint density at radius 2 is 1.95 bits per heavy atom. The van der Waals surface area contributed by atoms with Gasteiger partial charge >= 0.3 is 0 Å². The van der Waals surface area contributed by atoms with Crippen LogP contribution >= 0.6 is 0 Å². The number of aliphatic hydroxyl groups is 1. The number of hydrogen-bond donors (Lipinski definition) is 3. The number of aromatic amines is 1. The molecular weight excluding hydrogens is 256 g/mol. The fourth-order valence-electron chi connectivity index (χ4n) is 2.28. The van der Waals surface area contributed by atoms with E-state index in [9.17, 15) is 15.0 Å². The number of pyridine rings is 1. The van der Waals surface area contributed by atoms with Crippen LogP contribution in [0.25, 0.3) is 11.1 Å². The van der Waals surface area contributed by atoms with Gasteiger partial charge in [0.2, 0.25) is 0 Å². The van der Waals surface area contributed by atoms with Gasteiger partial charge in [-0.3, -0.25) is 4.79 Å². The Kier molecular flexibility index (Phi) is 3.87. The molecule has 0 bridgehead atoms. The SMILES string of the molecule is Cc1[nH]c(=O)c(C#N)c(CCO)c1-c1ccc(O)cc1. The number of nitriles is 1. The van der Waals surface area contributed by atoms with Gasteiger partial charge in [0.05, 0.1) is 0 Å². The Morgan fingerprint density at radius 1 is 1.30 bits per heavy atom. The fourth-order valence-corrected chi connectivity index (χ4v) is 2.28. The van der Waals surface area contributed by atoms with E-state index in [-0.39, 0.29) is 24.3 Å². The third kappa shape index (κ3) is 2.42. The molecule has 5 nitrogen and oxygen atoms in total. The van der Waals surface area contributed by atoms with Crippen LogP contribution in [0.5, 0.6) is 5.75 Å². The molecule has 0 unspecified atom stereocenters. The van der Waals surface area contributed by atoms with Gasteiger partial charge in [-0.05, 0) is 36.6 Å². The smallest absolute Gasteiger partial charge is 0.266 e. The van der Waals surface area contributed by atoms with E-state index in [1.165, 1.54) is 12.1 Å². The summed E-state index contributed by atoms with van der Waals surface area (Å²) in [5.41, 5.74) is 2.22. The van der Waals surface area contributed by atoms with Crippen LogP contribution in [0.4, 0.5) is 0 Å².